The van der Waals surface area contributed by atoms with E-state index < -0.39 is 37.0 Å². The van der Waals surface area contributed by atoms with Crippen molar-refractivity contribution in [2.24, 2.45) is 11.3 Å². The molecule has 3 saturated carbocycles. The largest absolute Gasteiger partial charge is 0.455 e. The molecule has 0 bridgehead atoms. The van der Waals surface area contributed by atoms with E-state index in [2.05, 4.69) is 75.0 Å². The van der Waals surface area contributed by atoms with Gasteiger partial charge in [-0.15, -0.1) is 0 Å². The standard InChI is InChI=1S/C46H51BrN8O8S/c1-44(57)11-8-29(9-12-44)26-49-42-38(55(58)59)22-34(28-51-42)64(60,61)52-43(56)35-7-6-31(21-39(35)63-33-20-30-10-15-48-41(30)50-27-33)53-16-13-45(14-17-53)23-32(24-45)54-18-19-62-40-25-46(40,54)36-4-2-3-5-37(36)47/h2-7,10,15,20-22,27-29,32,40,57H,8-9,11-14,16-19,23-26H2,1H3,(H,48,50)(H,49,51)(H,52,56)/t29-,40?,44-,46-/m0/s1. The number of aliphatic hydroxyl groups is 1. The van der Waals surface area contributed by atoms with Gasteiger partial charge in [-0.25, -0.2) is 23.1 Å². The van der Waals surface area contributed by atoms with Gasteiger partial charge in [0.15, 0.2) is 0 Å². The molecule has 0 radical (unpaired) electrons. The number of pyridine rings is 2. The van der Waals surface area contributed by atoms with Crippen molar-refractivity contribution in [1.82, 2.24) is 24.6 Å². The van der Waals surface area contributed by atoms with Crippen LogP contribution in [0.1, 0.15) is 80.6 Å². The Morgan fingerprint density at radius 3 is 2.58 bits per heavy atom. The monoisotopic (exact) mass is 954 g/mol. The molecule has 5 heterocycles. The number of sulfonamides is 1. The number of aromatic amines is 1. The minimum Gasteiger partial charge on any atom is -0.455 e. The van der Waals surface area contributed by atoms with E-state index in [-0.39, 0.29) is 40.1 Å². The number of benzene rings is 2. The average Bonchev–Trinajstić information content (AvgIpc) is 3.84. The van der Waals surface area contributed by atoms with Gasteiger partial charge < -0.3 is 29.8 Å². The summed E-state index contributed by atoms with van der Waals surface area (Å²) >= 11 is 3.82. The quantitative estimate of drug-likeness (QED) is 0.0702. The molecule has 1 amide bonds. The van der Waals surface area contributed by atoms with E-state index in [1.165, 1.54) is 11.8 Å². The molecule has 1 spiro atoms. The Morgan fingerprint density at radius 1 is 1.03 bits per heavy atom. The van der Waals surface area contributed by atoms with Crippen LogP contribution in [0.4, 0.5) is 17.2 Å². The summed E-state index contributed by atoms with van der Waals surface area (Å²) in [6.07, 6.45) is 12.5. The third-order valence-electron chi connectivity index (χ3n) is 14.5. The lowest BCUT2D eigenvalue weighted by Crippen LogP contribution is -2.60. The highest BCUT2D eigenvalue weighted by atomic mass is 79.9. The molecule has 2 aliphatic heterocycles. The molecule has 4 N–H and O–H groups in total. The number of hydrogen-bond acceptors (Lipinski definition) is 13. The number of carbonyl (C=O) groups excluding carboxylic acids is 1. The molecular weight excluding hydrogens is 905 g/mol. The molecule has 336 valence electrons. The fourth-order valence-electron chi connectivity index (χ4n) is 10.7. The number of H-pyrrole nitrogens is 1. The van der Waals surface area contributed by atoms with Crippen molar-refractivity contribution < 1.29 is 32.7 Å². The number of fused-ring (bicyclic) bond motifs is 2. The van der Waals surface area contributed by atoms with Crippen LogP contribution in [0.25, 0.3) is 11.0 Å². The second-order valence-corrected chi connectivity index (χ2v) is 21.2. The van der Waals surface area contributed by atoms with Crippen molar-refractivity contribution in [3.63, 3.8) is 0 Å². The van der Waals surface area contributed by atoms with Crippen molar-refractivity contribution in [3.05, 3.63) is 105 Å². The van der Waals surface area contributed by atoms with Crippen LogP contribution in [-0.2, 0) is 20.3 Å². The molecule has 1 unspecified atom stereocenters. The Morgan fingerprint density at radius 2 is 1.81 bits per heavy atom. The summed E-state index contributed by atoms with van der Waals surface area (Å²) in [6, 6.07) is 18.6. The molecule has 2 aromatic carbocycles. The van der Waals surface area contributed by atoms with Crippen LogP contribution >= 0.6 is 15.9 Å². The molecule has 10 rings (SSSR count). The van der Waals surface area contributed by atoms with Crippen LogP contribution in [0.3, 0.4) is 0 Å². The van der Waals surface area contributed by atoms with E-state index in [1.807, 2.05) is 6.07 Å². The topological polar surface area (TPSA) is 205 Å². The SMILES string of the molecule is C[C@]1(O)CC[C@H](CNc2ncc(S(=O)(=O)NC(=O)c3ccc(N4CCC5(CC4)CC(N4CCOC6C[C@]64c4ccccc4Br)C5)cc3Oc3cnc4[nH]ccc4c3)cc2[N+](=O)[O-])CC1. The zero-order valence-corrected chi connectivity index (χ0v) is 37.9. The van der Waals surface area contributed by atoms with E-state index in [4.69, 9.17) is 9.47 Å². The summed E-state index contributed by atoms with van der Waals surface area (Å²) in [7, 11) is -4.63. The lowest BCUT2D eigenvalue weighted by Gasteiger charge is -2.58. The number of rotatable bonds is 12. The van der Waals surface area contributed by atoms with E-state index in [0.29, 0.717) is 36.8 Å². The molecule has 3 aromatic heterocycles. The van der Waals surface area contributed by atoms with Gasteiger partial charge in [0.25, 0.3) is 15.9 Å². The van der Waals surface area contributed by atoms with E-state index in [0.717, 1.165) is 99.0 Å². The number of morpholine rings is 1. The first-order chi connectivity index (χ1) is 30.7. The number of nitro groups is 1. The number of amides is 1. The van der Waals surface area contributed by atoms with Gasteiger partial charge in [0, 0.05) is 72.5 Å². The number of aromatic nitrogens is 3. The Bertz CT molecular complexity index is 2720. The average molecular weight is 956 g/mol. The molecule has 5 aromatic rings. The normalized spacial score (nSPS) is 25.6. The van der Waals surface area contributed by atoms with Crippen molar-refractivity contribution in [3.8, 4) is 11.5 Å². The van der Waals surface area contributed by atoms with Gasteiger partial charge in [0.1, 0.15) is 22.0 Å². The van der Waals surface area contributed by atoms with E-state index in [1.54, 1.807) is 37.4 Å². The van der Waals surface area contributed by atoms with Gasteiger partial charge in [-0.2, -0.15) is 0 Å². The smallest absolute Gasteiger partial charge is 0.312 e. The van der Waals surface area contributed by atoms with Gasteiger partial charge in [-0.1, -0.05) is 34.1 Å². The zero-order valence-electron chi connectivity index (χ0n) is 35.5. The first kappa shape index (κ1) is 42.8. The number of piperidine rings is 1. The molecule has 2 atom stereocenters. The number of ether oxygens (including phenoxy) is 2. The van der Waals surface area contributed by atoms with E-state index in [9.17, 15) is 28.4 Å². The number of nitrogens with one attached hydrogen (secondary N) is 3. The van der Waals surface area contributed by atoms with Crippen LogP contribution in [0, 0.1) is 21.4 Å². The highest BCUT2D eigenvalue weighted by Crippen LogP contribution is 2.62. The minimum absolute atomic E-state index is 0.0492. The third-order valence-corrected chi connectivity index (χ3v) is 16.5. The van der Waals surface area contributed by atoms with Crippen molar-refractivity contribution in [2.75, 3.05) is 43.0 Å². The number of anilines is 2. The summed E-state index contributed by atoms with van der Waals surface area (Å²) in [6.45, 7) is 5.47. The molecule has 16 nitrogen and oxygen atoms in total. The maximum Gasteiger partial charge on any atom is 0.312 e. The molecular formula is C46H51BrN8O8S. The number of halogens is 1. The molecule has 18 heteroatoms. The Kier molecular flexibility index (Phi) is 11.0. The summed E-state index contributed by atoms with van der Waals surface area (Å²) in [5.74, 6) is -0.414. The molecule has 64 heavy (non-hydrogen) atoms. The first-order valence-electron chi connectivity index (χ1n) is 22.0. The predicted octanol–water partition coefficient (Wildman–Crippen LogP) is 7.64. The van der Waals surface area contributed by atoms with Gasteiger partial charge in [0.05, 0.1) is 46.7 Å². The predicted molar refractivity (Wildman–Crippen MR) is 243 cm³/mol. The highest BCUT2D eigenvalue weighted by Gasteiger charge is 2.66. The summed E-state index contributed by atoms with van der Waals surface area (Å²) in [4.78, 5) is 41.4. The Balaban J connectivity index is 0.843. The van der Waals surface area contributed by atoms with Gasteiger partial charge >= 0.3 is 5.69 Å². The third kappa shape index (κ3) is 8.12. The van der Waals surface area contributed by atoms with Gasteiger partial charge in [-0.05, 0) is 106 Å². The van der Waals surface area contributed by atoms with Crippen molar-refractivity contribution in [2.45, 2.75) is 92.9 Å². The second kappa shape index (κ2) is 16.4. The molecule has 3 aliphatic carbocycles. The first-order valence-corrected chi connectivity index (χ1v) is 24.3. The summed E-state index contributed by atoms with van der Waals surface area (Å²) in [5, 5.41) is 26.2. The van der Waals surface area contributed by atoms with Crippen LogP contribution in [0.15, 0.2) is 88.6 Å². The van der Waals surface area contributed by atoms with Gasteiger partial charge in [-0.3, -0.25) is 19.8 Å². The molecule has 2 saturated heterocycles. The molecule has 5 fully saturated rings. The highest BCUT2D eigenvalue weighted by molar-refractivity contribution is 9.10. The zero-order chi connectivity index (χ0) is 44.4. The van der Waals surface area contributed by atoms with Crippen LogP contribution in [0.2, 0.25) is 0 Å². The number of nitrogens with zero attached hydrogens (tertiary/aromatic N) is 5. The fraction of sp³-hybridized carbons (Fsp3) is 0.457. The van der Waals surface area contributed by atoms with Crippen molar-refractivity contribution >= 4 is 60.1 Å². The lowest BCUT2D eigenvalue weighted by molar-refractivity contribution is -0.384. The second-order valence-electron chi connectivity index (χ2n) is 18.6. The summed E-state index contributed by atoms with van der Waals surface area (Å²) < 4.78 is 43.2. The molecule has 5 aliphatic rings. The number of hydrogen-bond donors (Lipinski definition) is 4. The Labute approximate surface area is 379 Å². The lowest BCUT2D eigenvalue weighted by atomic mass is 9.59. The van der Waals surface area contributed by atoms with Crippen LogP contribution in [0.5, 0.6) is 11.5 Å². The van der Waals surface area contributed by atoms with Crippen LogP contribution in [-0.4, -0.2) is 94.7 Å². The fourth-order valence-corrected chi connectivity index (χ4v) is 12.3. The van der Waals surface area contributed by atoms with Gasteiger partial charge in [0.2, 0.25) is 5.82 Å². The minimum atomic E-state index is -4.63. The Hall–Kier alpha value is -5.14. The maximum absolute atomic E-state index is 14.0. The number of carbonyl (C=O) groups is 1. The van der Waals surface area contributed by atoms with Crippen molar-refractivity contribution in [1.29, 1.82) is 0 Å². The van der Waals surface area contributed by atoms with Crippen LogP contribution < -0.4 is 19.7 Å². The van der Waals surface area contributed by atoms with E-state index >= 15 is 0 Å². The maximum atomic E-state index is 14.0. The summed E-state index contributed by atoms with van der Waals surface area (Å²) in [5.41, 5.74) is 1.68.